The lowest BCUT2D eigenvalue weighted by Gasteiger charge is -2.34. The molecule has 1 aromatic rings. The summed E-state index contributed by atoms with van der Waals surface area (Å²) in [6, 6.07) is 0. The Labute approximate surface area is 106 Å². The van der Waals surface area contributed by atoms with Crippen molar-refractivity contribution in [3.8, 4) is 0 Å². The second-order valence-corrected chi connectivity index (χ2v) is 4.87. The minimum atomic E-state index is -0.320. The summed E-state index contributed by atoms with van der Waals surface area (Å²) in [5.74, 6) is -0.0457. The first kappa shape index (κ1) is 12.9. The topological polar surface area (TPSA) is 84.4 Å². The maximum atomic E-state index is 12.3. The van der Waals surface area contributed by atoms with Gasteiger partial charge in [0, 0.05) is 25.8 Å². The molecule has 0 aromatic carbocycles. The molecule has 2 unspecified atom stereocenters. The molecule has 18 heavy (non-hydrogen) atoms. The van der Waals surface area contributed by atoms with Gasteiger partial charge in [0.1, 0.15) is 0 Å². The van der Waals surface area contributed by atoms with E-state index in [1.54, 1.807) is 15.8 Å². The highest BCUT2D eigenvalue weighted by molar-refractivity contribution is 5.97. The van der Waals surface area contributed by atoms with Crippen molar-refractivity contribution in [1.82, 2.24) is 14.7 Å². The summed E-state index contributed by atoms with van der Waals surface area (Å²) in [6.07, 6.45) is 1.97. The Hall–Kier alpha value is -1.56. The number of hydrogen-bond donors (Lipinski definition) is 2. The van der Waals surface area contributed by atoms with E-state index in [-0.39, 0.29) is 17.9 Å². The molecule has 3 N–H and O–H groups in total. The minimum absolute atomic E-state index is 0.0946. The Morgan fingerprint density at radius 2 is 2.39 bits per heavy atom. The number of carbonyl (C=O) groups excluding carboxylic acids is 1. The number of rotatable bonds is 2. The van der Waals surface area contributed by atoms with E-state index >= 15 is 0 Å². The number of likely N-dealkylation sites (tertiary alicyclic amines) is 1. The minimum Gasteiger partial charge on any atom is -0.396 e. The van der Waals surface area contributed by atoms with Crippen LogP contribution in [-0.2, 0) is 6.54 Å². The summed E-state index contributed by atoms with van der Waals surface area (Å²) < 4.78 is 1.66. The molecule has 0 saturated carbocycles. The van der Waals surface area contributed by atoms with Crippen LogP contribution in [0.4, 0.5) is 5.69 Å². The van der Waals surface area contributed by atoms with Crippen LogP contribution in [0.3, 0.4) is 0 Å². The number of anilines is 1. The highest BCUT2D eigenvalue weighted by Crippen LogP contribution is 2.20. The monoisotopic (exact) mass is 252 g/mol. The number of nitrogens with zero attached hydrogens (tertiary/aromatic N) is 3. The Balaban J connectivity index is 2.13. The van der Waals surface area contributed by atoms with Gasteiger partial charge in [-0.2, -0.15) is 5.10 Å². The number of aromatic nitrogens is 2. The third-order valence-corrected chi connectivity index (χ3v) is 3.46. The molecule has 6 nitrogen and oxygen atoms in total. The second-order valence-electron chi connectivity index (χ2n) is 4.87. The normalized spacial score (nSPS) is 24.3. The molecule has 0 spiro atoms. The Morgan fingerprint density at radius 1 is 1.67 bits per heavy atom. The molecule has 6 heteroatoms. The molecule has 1 fully saturated rings. The van der Waals surface area contributed by atoms with Crippen molar-refractivity contribution in [1.29, 1.82) is 0 Å². The zero-order valence-corrected chi connectivity index (χ0v) is 10.8. The van der Waals surface area contributed by atoms with E-state index < -0.39 is 0 Å². The molecule has 1 aliphatic heterocycles. The zero-order valence-electron chi connectivity index (χ0n) is 10.8. The van der Waals surface area contributed by atoms with Crippen molar-refractivity contribution < 1.29 is 9.90 Å². The fraction of sp³-hybridized carbons (Fsp3) is 0.667. The molecule has 1 amide bonds. The van der Waals surface area contributed by atoms with Gasteiger partial charge in [-0.05, 0) is 19.3 Å². The van der Waals surface area contributed by atoms with Crippen LogP contribution >= 0.6 is 0 Å². The number of hydrogen-bond acceptors (Lipinski definition) is 4. The number of aryl methyl sites for hydroxylation is 1. The smallest absolute Gasteiger partial charge is 0.276 e. The van der Waals surface area contributed by atoms with Crippen LogP contribution in [-0.4, -0.2) is 44.9 Å². The largest absolute Gasteiger partial charge is 0.396 e. The second kappa shape index (κ2) is 4.97. The summed E-state index contributed by atoms with van der Waals surface area (Å²) in [6.45, 7) is 5.69. The maximum Gasteiger partial charge on any atom is 0.276 e. The van der Waals surface area contributed by atoms with Crippen molar-refractivity contribution in [2.24, 2.45) is 5.92 Å². The predicted octanol–water partition coefficient (Wildman–Crippen LogP) is 0.328. The van der Waals surface area contributed by atoms with E-state index in [9.17, 15) is 9.90 Å². The van der Waals surface area contributed by atoms with Crippen LogP contribution in [0.25, 0.3) is 0 Å². The van der Waals surface area contributed by atoms with Crippen LogP contribution < -0.4 is 5.73 Å². The van der Waals surface area contributed by atoms with Gasteiger partial charge in [-0.25, -0.2) is 0 Å². The summed E-state index contributed by atoms with van der Waals surface area (Å²) in [4.78, 5) is 14.0. The van der Waals surface area contributed by atoms with Crippen molar-refractivity contribution in [3.05, 3.63) is 11.9 Å². The molecule has 100 valence electrons. The molecule has 1 saturated heterocycles. The van der Waals surface area contributed by atoms with E-state index in [1.165, 1.54) is 0 Å². The van der Waals surface area contributed by atoms with Gasteiger partial charge >= 0.3 is 0 Å². The Kier molecular flexibility index (Phi) is 3.56. The van der Waals surface area contributed by atoms with Crippen LogP contribution in [0.2, 0.25) is 0 Å². The van der Waals surface area contributed by atoms with Gasteiger partial charge in [0.25, 0.3) is 5.91 Å². The average Bonchev–Trinajstić information content (AvgIpc) is 2.73. The first-order valence-electron chi connectivity index (χ1n) is 6.33. The van der Waals surface area contributed by atoms with Crippen molar-refractivity contribution in [2.45, 2.75) is 32.9 Å². The van der Waals surface area contributed by atoms with Gasteiger partial charge in [0.15, 0.2) is 5.69 Å². The number of piperidine rings is 1. The molecule has 0 bridgehead atoms. The standard InChI is InChI=1S/C12H20N4O2/c1-3-16-7-9(13)11(14-16)12(18)15-5-4-10(17)8(2)6-15/h7-8,10,17H,3-6,13H2,1-2H3. The quantitative estimate of drug-likeness (QED) is 0.794. The molecular weight excluding hydrogens is 232 g/mol. The maximum absolute atomic E-state index is 12.3. The predicted molar refractivity (Wildman–Crippen MR) is 68.0 cm³/mol. The lowest BCUT2D eigenvalue weighted by molar-refractivity contribution is 0.0294. The van der Waals surface area contributed by atoms with E-state index in [1.807, 2.05) is 13.8 Å². The fourth-order valence-electron chi connectivity index (χ4n) is 2.23. The first-order valence-corrected chi connectivity index (χ1v) is 6.33. The number of carbonyl (C=O) groups is 1. The van der Waals surface area contributed by atoms with Crippen LogP contribution in [0, 0.1) is 5.92 Å². The number of aliphatic hydroxyl groups is 1. The summed E-state index contributed by atoms with van der Waals surface area (Å²) in [5, 5.41) is 13.8. The van der Waals surface area contributed by atoms with Gasteiger partial charge < -0.3 is 15.7 Å². The summed E-state index contributed by atoms with van der Waals surface area (Å²) in [7, 11) is 0. The SMILES string of the molecule is CCn1cc(N)c(C(=O)N2CCC(O)C(C)C2)n1. The Morgan fingerprint density at radius 3 is 2.94 bits per heavy atom. The van der Waals surface area contributed by atoms with Gasteiger partial charge in [-0.1, -0.05) is 6.92 Å². The van der Waals surface area contributed by atoms with Crippen LogP contribution in [0.5, 0.6) is 0 Å². The molecular formula is C12H20N4O2. The number of nitrogens with two attached hydrogens (primary N) is 1. The summed E-state index contributed by atoms with van der Waals surface area (Å²) >= 11 is 0. The number of aliphatic hydroxyl groups excluding tert-OH is 1. The van der Waals surface area contributed by atoms with Crippen molar-refractivity contribution >= 4 is 11.6 Å². The van der Waals surface area contributed by atoms with Gasteiger partial charge in [-0.15, -0.1) is 0 Å². The Bertz CT molecular complexity index is 443. The fourth-order valence-corrected chi connectivity index (χ4v) is 2.23. The van der Waals surface area contributed by atoms with Gasteiger partial charge in [0.2, 0.25) is 0 Å². The van der Waals surface area contributed by atoms with Gasteiger partial charge in [0.05, 0.1) is 11.8 Å². The van der Waals surface area contributed by atoms with Crippen molar-refractivity contribution in [2.75, 3.05) is 18.8 Å². The average molecular weight is 252 g/mol. The molecule has 0 radical (unpaired) electrons. The molecule has 0 aliphatic carbocycles. The van der Waals surface area contributed by atoms with E-state index in [0.717, 1.165) is 0 Å². The molecule has 2 heterocycles. The summed E-state index contributed by atoms with van der Waals surface area (Å²) in [5.41, 5.74) is 6.54. The molecule has 1 aliphatic rings. The lowest BCUT2D eigenvalue weighted by atomic mass is 9.96. The number of amides is 1. The number of nitrogen functional groups attached to an aromatic ring is 1. The molecule has 2 atom stereocenters. The van der Waals surface area contributed by atoms with E-state index in [4.69, 9.17) is 5.73 Å². The lowest BCUT2D eigenvalue weighted by Crippen LogP contribution is -2.45. The highest BCUT2D eigenvalue weighted by Gasteiger charge is 2.29. The first-order chi connectivity index (χ1) is 8.52. The van der Waals surface area contributed by atoms with E-state index in [2.05, 4.69) is 5.10 Å². The third kappa shape index (κ3) is 2.33. The van der Waals surface area contributed by atoms with Gasteiger partial charge in [-0.3, -0.25) is 9.48 Å². The third-order valence-electron chi connectivity index (χ3n) is 3.46. The van der Waals surface area contributed by atoms with Crippen LogP contribution in [0.1, 0.15) is 30.8 Å². The zero-order chi connectivity index (χ0) is 13.3. The van der Waals surface area contributed by atoms with Crippen LogP contribution in [0.15, 0.2) is 6.20 Å². The van der Waals surface area contributed by atoms with Crippen molar-refractivity contribution in [3.63, 3.8) is 0 Å². The molecule has 2 rings (SSSR count). The molecule has 1 aromatic heterocycles. The highest BCUT2D eigenvalue weighted by atomic mass is 16.3. The van der Waals surface area contributed by atoms with E-state index in [0.29, 0.717) is 37.4 Å².